The average molecular weight is 265 g/mol. The lowest BCUT2D eigenvalue weighted by molar-refractivity contribution is 0.306. The molecule has 0 radical (unpaired) electrons. The maximum absolute atomic E-state index is 5.77. The second-order valence-electron chi connectivity index (χ2n) is 4.45. The third kappa shape index (κ3) is 2.69. The molecule has 3 rings (SSSR count). The van der Waals surface area contributed by atoms with E-state index in [9.17, 15) is 0 Å². The molecule has 4 nitrogen and oxygen atoms in total. The van der Waals surface area contributed by atoms with E-state index in [1.165, 1.54) is 0 Å². The van der Waals surface area contributed by atoms with Crippen molar-refractivity contribution < 1.29 is 4.74 Å². The van der Waals surface area contributed by atoms with Gasteiger partial charge in [0.1, 0.15) is 18.2 Å². The number of pyridine rings is 2. The van der Waals surface area contributed by atoms with Gasteiger partial charge in [-0.05, 0) is 24.3 Å². The maximum Gasteiger partial charge on any atom is 0.125 e. The Labute approximate surface area is 117 Å². The van der Waals surface area contributed by atoms with Gasteiger partial charge < -0.3 is 10.1 Å². The van der Waals surface area contributed by atoms with Crippen LogP contribution in [0.25, 0.3) is 10.9 Å². The van der Waals surface area contributed by atoms with Crippen molar-refractivity contribution in [2.45, 2.75) is 6.61 Å². The van der Waals surface area contributed by atoms with Crippen molar-refractivity contribution in [3.05, 3.63) is 60.4 Å². The van der Waals surface area contributed by atoms with Crippen LogP contribution in [0.5, 0.6) is 5.75 Å². The van der Waals surface area contributed by atoms with Crippen LogP contribution in [0.15, 0.2) is 54.9 Å². The molecule has 0 aliphatic carbocycles. The molecule has 100 valence electrons. The topological polar surface area (TPSA) is 47.0 Å². The SMILES string of the molecule is CNc1ccc(COc2ccc3cccnc3c2)cn1. The number of ether oxygens (including phenoxy) is 1. The first-order chi connectivity index (χ1) is 9.85. The molecule has 1 N–H and O–H groups in total. The molecule has 0 atom stereocenters. The number of aromatic nitrogens is 2. The largest absolute Gasteiger partial charge is 0.489 e. The summed E-state index contributed by atoms with van der Waals surface area (Å²) in [6.45, 7) is 0.495. The van der Waals surface area contributed by atoms with Gasteiger partial charge in [0.15, 0.2) is 0 Å². The number of hydrogen-bond donors (Lipinski definition) is 1. The van der Waals surface area contributed by atoms with Gasteiger partial charge in [-0.3, -0.25) is 4.98 Å². The summed E-state index contributed by atoms with van der Waals surface area (Å²) in [6, 6.07) is 13.8. The first-order valence-electron chi connectivity index (χ1n) is 6.45. The number of nitrogens with zero attached hydrogens (tertiary/aromatic N) is 2. The Morgan fingerprint density at radius 2 is 2.05 bits per heavy atom. The summed E-state index contributed by atoms with van der Waals surface area (Å²) in [5.41, 5.74) is 1.97. The van der Waals surface area contributed by atoms with E-state index in [2.05, 4.69) is 15.3 Å². The molecule has 20 heavy (non-hydrogen) atoms. The molecule has 3 aromatic rings. The zero-order chi connectivity index (χ0) is 13.8. The summed E-state index contributed by atoms with van der Waals surface area (Å²) in [5.74, 6) is 1.66. The van der Waals surface area contributed by atoms with Gasteiger partial charge in [0.2, 0.25) is 0 Å². The van der Waals surface area contributed by atoms with Crippen molar-refractivity contribution in [2.75, 3.05) is 12.4 Å². The quantitative estimate of drug-likeness (QED) is 0.786. The molecule has 0 bridgehead atoms. The van der Waals surface area contributed by atoms with Crippen molar-refractivity contribution in [1.29, 1.82) is 0 Å². The van der Waals surface area contributed by atoms with Gasteiger partial charge in [-0.15, -0.1) is 0 Å². The van der Waals surface area contributed by atoms with E-state index in [1.807, 2.05) is 55.7 Å². The van der Waals surface area contributed by atoms with Crippen LogP contribution in [-0.2, 0) is 6.61 Å². The van der Waals surface area contributed by atoms with E-state index in [0.29, 0.717) is 6.61 Å². The molecule has 0 amide bonds. The highest BCUT2D eigenvalue weighted by Crippen LogP contribution is 2.19. The van der Waals surface area contributed by atoms with Gasteiger partial charge in [0.25, 0.3) is 0 Å². The highest BCUT2D eigenvalue weighted by molar-refractivity contribution is 5.79. The zero-order valence-electron chi connectivity index (χ0n) is 11.2. The number of fused-ring (bicyclic) bond motifs is 1. The molecule has 0 unspecified atom stereocenters. The minimum atomic E-state index is 0.495. The molecule has 0 saturated carbocycles. The Bertz CT molecular complexity index is 710. The van der Waals surface area contributed by atoms with Gasteiger partial charge in [-0.25, -0.2) is 4.98 Å². The van der Waals surface area contributed by atoms with E-state index in [0.717, 1.165) is 28.0 Å². The van der Waals surface area contributed by atoms with E-state index in [4.69, 9.17) is 4.74 Å². The second-order valence-corrected chi connectivity index (χ2v) is 4.45. The van der Waals surface area contributed by atoms with Crippen LogP contribution in [0, 0.1) is 0 Å². The van der Waals surface area contributed by atoms with Crippen molar-refractivity contribution in [3.8, 4) is 5.75 Å². The number of rotatable bonds is 4. The summed E-state index contributed by atoms with van der Waals surface area (Å²) in [4.78, 5) is 8.57. The van der Waals surface area contributed by atoms with Gasteiger partial charge in [0.05, 0.1) is 5.52 Å². The van der Waals surface area contributed by atoms with Crippen molar-refractivity contribution >= 4 is 16.7 Å². The fourth-order valence-electron chi connectivity index (χ4n) is 1.96. The smallest absolute Gasteiger partial charge is 0.125 e. The molecule has 1 aromatic carbocycles. The maximum atomic E-state index is 5.77. The highest BCUT2D eigenvalue weighted by atomic mass is 16.5. The Morgan fingerprint density at radius 1 is 1.10 bits per heavy atom. The lowest BCUT2D eigenvalue weighted by atomic mass is 10.2. The van der Waals surface area contributed by atoms with Crippen LogP contribution < -0.4 is 10.1 Å². The van der Waals surface area contributed by atoms with Crippen molar-refractivity contribution in [2.24, 2.45) is 0 Å². The summed E-state index contributed by atoms with van der Waals surface area (Å²) in [6.07, 6.45) is 3.59. The lowest BCUT2D eigenvalue weighted by Crippen LogP contribution is -1.98. The third-order valence-corrected chi connectivity index (χ3v) is 3.06. The van der Waals surface area contributed by atoms with Gasteiger partial charge in [-0.2, -0.15) is 0 Å². The minimum absolute atomic E-state index is 0.495. The van der Waals surface area contributed by atoms with E-state index in [1.54, 1.807) is 6.20 Å². The molecule has 4 heteroatoms. The van der Waals surface area contributed by atoms with Gasteiger partial charge in [-0.1, -0.05) is 12.1 Å². The van der Waals surface area contributed by atoms with E-state index in [-0.39, 0.29) is 0 Å². The van der Waals surface area contributed by atoms with Crippen LogP contribution in [0.1, 0.15) is 5.56 Å². The van der Waals surface area contributed by atoms with Crippen molar-refractivity contribution in [1.82, 2.24) is 9.97 Å². The first kappa shape index (κ1) is 12.4. The Hall–Kier alpha value is -2.62. The number of nitrogens with one attached hydrogen (secondary N) is 1. The summed E-state index contributed by atoms with van der Waals surface area (Å²) < 4.78 is 5.77. The molecule has 0 fully saturated rings. The van der Waals surface area contributed by atoms with Gasteiger partial charge in [0, 0.05) is 36.5 Å². The van der Waals surface area contributed by atoms with Crippen LogP contribution in [-0.4, -0.2) is 17.0 Å². The molecule has 2 heterocycles. The van der Waals surface area contributed by atoms with Crippen LogP contribution in [0.2, 0.25) is 0 Å². The summed E-state index contributed by atoms with van der Waals surface area (Å²) in [5, 5.41) is 4.10. The number of benzene rings is 1. The Kier molecular flexibility index (Phi) is 3.46. The predicted molar refractivity (Wildman–Crippen MR) is 79.9 cm³/mol. The normalized spacial score (nSPS) is 10.4. The lowest BCUT2D eigenvalue weighted by Gasteiger charge is -2.07. The summed E-state index contributed by atoms with van der Waals surface area (Å²) in [7, 11) is 1.85. The fourth-order valence-corrected chi connectivity index (χ4v) is 1.96. The standard InChI is InChI=1S/C16H15N3O/c1-17-16-7-4-12(10-19-16)11-20-14-6-5-13-3-2-8-18-15(13)9-14/h2-10H,11H2,1H3,(H,17,19). The minimum Gasteiger partial charge on any atom is -0.489 e. The summed E-state index contributed by atoms with van der Waals surface area (Å²) >= 11 is 0. The predicted octanol–water partition coefficient (Wildman–Crippen LogP) is 3.25. The third-order valence-electron chi connectivity index (χ3n) is 3.06. The average Bonchev–Trinajstić information content (AvgIpc) is 2.53. The molecule has 0 aliphatic heterocycles. The van der Waals surface area contributed by atoms with Crippen LogP contribution >= 0.6 is 0 Å². The van der Waals surface area contributed by atoms with Gasteiger partial charge >= 0.3 is 0 Å². The van der Waals surface area contributed by atoms with E-state index < -0.39 is 0 Å². The molecule has 0 spiro atoms. The van der Waals surface area contributed by atoms with Crippen LogP contribution in [0.4, 0.5) is 5.82 Å². The number of hydrogen-bond acceptors (Lipinski definition) is 4. The van der Waals surface area contributed by atoms with Crippen LogP contribution in [0.3, 0.4) is 0 Å². The fraction of sp³-hybridized carbons (Fsp3) is 0.125. The second kappa shape index (κ2) is 5.57. The van der Waals surface area contributed by atoms with Crippen molar-refractivity contribution in [3.63, 3.8) is 0 Å². The Balaban J connectivity index is 1.72. The monoisotopic (exact) mass is 265 g/mol. The Morgan fingerprint density at radius 3 is 2.85 bits per heavy atom. The molecule has 2 aromatic heterocycles. The molecular weight excluding hydrogens is 250 g/mol. The molecule has 0 saturated heterocycles. The van der Waals surface area contributed by atoms with E-state index >= 15 is 0 Å². The molecular formula is C16H15N3O. The highest BCUT2D eigenvalue weighted by Gasteiger charge is 2.00. The number of anilines is 1. The first-order valence-corrected chi connectivity index (χ1v) is 6.45. The molecule has 0 aliphatic rings. The zero-order valence-corrected chi connectivity index (χ0v) is 11.2.